The molecule has 0 atom stereocenters. The van der Waals surface area contributed by atoms with Gasteiger partial charge in [0.05, 0.1) is 17.2 Å². The van der Waals surface area contributed by atoms with Crippen molar-refractivity contribution in [2.24, 2.45) is 0 Å². The molecule has 4 aromatic rings. The Morgan fingerprint density at radius 3 is 1.97 bits per heavy atom. The molecule has 0 saturated carbocycles. The minimum Gasteiger partial charge on any atom is -0.392 e. The van der Waals surface area contributed by atoms with E-state index in [1.807, 2.05) is 24.3 Å². The summed E-state index contributed by atoms with van der Waals surface area (Å²) < 4.78 is 52.0. The molecular formula is C29H22ClF4NO2. The molecule has 0 bridgehead atoms. The van der Waals surface area contributed by atoms with Crippen molar-refractivity contribution in [3.63, 3.8) is 0 Å². The fourth-order valence-corrected chi connectivity index (χ4v) is 4.09. The molecule has 0 aromatic heterocycles. The van der Waals surface area contributed by atoms with E-state index < -0.39 is 23.5 Å². The number of rotatable bonds is 7. The summed E-state index contributed by atoms with van der Waals surface area (Å²) in [6.07, 6.45) is -3.89. The second-order valence-corrected chi connectivity index (χ2v) is 8.84. The van der Waals surface area contributed by atoms with Crippen LogP contribution in [0.15, 0.2) is 84.9 Å². The molecule has 4 aromatic carbocycles. The van der Waals surface area contributed by atoms with Crippen molar-refractivity contribution in [1.82, 2.24) is 5.32 Å². The SMILES string of the molecule is O=C(NCCc1ccc(-c2ccc(F)c(Cl)c2)cc1)c1cc(-c2ccc(C(F)(F)F)cc2)ccc1CO. The minimum absolute atomic E-state index is 0.0499. The number of nitrogens with one attached hydrogen (secondary N) is 1. The molecule has 0 unspecified atom stereocenters. The predicted molar refractivity (Wildman–Crippen MR) is 136 cm³/mol. The Morgan fingerprint density at radius 1 is 0.811 bits per heavy atom. The summed E-state index contributed by atoms with van der Waals surface area (Å²) in [6, 6.07) is 21.6. The van der Waals surface area contributed by atoms with E-state index in [1.165, 1.54) is 18.2 Å². The molecule has 1 amide bonds. The van der Waals surface area contributed by atoms with Gasteiger partial charge in [0, 0.05) is 12.1 Å². The summed E-state index contributed by atoms with van der Waals surface area (Å²) in [4.78, 5) is 12.9. The third-order valence-electron chi connectivity index (χ3n) is 5.98. The molecule has 0 aliphatic heterocycles. The lowest BCUT2D eigenvalue weighted by Crippen LogP contribution is -2.26. The van der Waals surface area contributed by atoms with Crippen LogP contribution in [0.1, 0.15) is 27.0 Å². The van der Waals surface area contributed by atoms with E-state index in [4.69, 9.17) is 11.6 Å². The standard InChI is InChI=1S/C29H22ClF4NO2/c30-26-16-22(9-12-27(26)31)19-3-1-18(2-4-19)13-14-35-28(37)25-15-21(5-6-23(25)17-36)20-7-10-24(11-8-20)29(32,33)34/h1-12,15-16,36H,13-14,17H2,(H,35,37). The van der Waals surface area contributed by atoms with Crippen LogP contribution in [-0.4, -0.2) is 17.6 Å². The van der Waals surface area contributed by atoms with Crippen molar-refractivity contribution < 1.29 is 27.5 Å². The molecule has 0 heterocycles. The number of hydrogen-bond acceptors (Lipinski definition) is 2. The third kappa shape index (κ3) is 6.37. The van der Waals surface area contributed by atoms with Crippen molar-refractivity contribution in [2.75, 3.05) is 6.54 Å². The number of aliphatic hydroxyl groups excluding tert-OH is 1. The van der Waals surface area contributed by atoms with Crippen LogP contribution in [0.5, 0.6) is 0 Å². The lowest BCUT2D eigenvalue weighted by molar-refractivity contribution is -0.137. The fourth-order valence-electron chi connectivity index (χ4n) is 3.91. The van der Waals surface area contributed by atoms with Gasteiger partial charge in [-0.05, 0) is 70.1 Å². The zero-order chi connectivity index (χ0) is 26.6. The average Bonchev–Trinajstić information content (AvgIpc) is 2.90. The molecule has 0 radical (unpaired) electrons. The predicted octanol–water partition coefficient (Wildman–Crippen LogP) is 7.30. The molecule has 0 saturated heterocycles. The zero-order valence-corrected chi connectivity index (χ0v) is 20.2. The molecule has 2 N–H and O–H groups in total. The highest BCUT2D eigenvalue weighted by Crippen LogP contribution is 2.31. The summed E-state index contributed by atoms with van der Waals surface area (Å²) in [6.45, 7) is -0.0269. The van der Waals surface area contributed by atoms with Gasteiger partial charge in [-0.15, -0.1) is 0 Å². The number of hydrogen-bond donors (Lipinski definition) is 2. The van der Waals surface area contributed by atoms with Crippen molar-refractivity contribution in [3.8, 4) is 22.3 Å². The largest absolute Gasteiger partial charge is 0.416 e. The Labute approximate surface area is 216 Å². The fraction of sp³-hybridized carbons (Fsp3) is 0.138. The van der Waals surface area contributed by atoms with E-state index in [1.54, 1.807) is 30.3 Å². The van der Waals surface area contributed by atoms with Crippen LogP contribution in [0.25, 0.3) is 22.3 Å². The lowest BCUT2D eigenvalue weighted by Gasteiger charge is -2.12. The molecule has 3 nitrogen and oxygen atoms in total. The van der Waals surface area contributed by atoms with Crippen LogP contribution in [0.2, 0.25) is 5.02 Å². The first-order valence-corrected chi connectivity index (χ1v) is 11.8. The van der Waals surface area contributed by atoms with Gasteiger partial charge in [0.25, 0.3) is 5.91 Å². The van der Waals surface area contributed by atoms with E-state index in [-0.39, 0.29) is 17.2 Å². The highest BCUT2D eigenvalue weighted by atomic mass is 35.5. The zero-order valence-electron chi connectivity index (χ0n) is 19.4. The van der Waals surface area contributed by atoms with Crippen molar-refractivity contribution in [3.05, 3.63) is 118 Å². The summed E-state index contributed by atoms with van der Waals surface area (Å²) in [5.41, 5.74) is 3.63. The summed E-state index contributed by atoms with van der Waals surface area (Å²) in [5.74, 6) is -0.873. The third-order valence-corrected chi connectivity index (χ3v) is 6.27. The molecule has 4 rings (SSSR count). The van der Waals surface area contributed by atoms with Gasteiger partial charge in [0.1, 0.15) is 5.82 Å². The van der Waals surface area contributed by atoms with Gasteiger partial charge in [-0.1, -0.05) is 66.2 Å². The number of halogens is 5. The van der Waals surface area contributed by atoms with Gasteiger partial charge in [-0.2, -0.15) is 13.2 Å². The molecule has 37 heavy (non-hydrogen) atoms. The first-order valence-electron chi connectivity index (χ1n) is 11.4. The molecule has 0 aliphatic rings. The molecule has 0 spiro atoms. The smallest absolute Gasteiger partial charge is 0.392 e. The van der Waals surface area contributed by atoms with E-state index in [2.05, 4.69) is 5.32 Å². The monoisotopic (exact) mass is 527 g/mol. The normalized spacial score (nSPS) is 11.4. The van der Waals surface area contributed by atoms with Crippen LogP contribution in [0.4, 0.5) is 17.6 Å². The number of benzene rings is 4. The van der Waals surface area contributed by atoms with Gasteiger partial charge in [-0.25, -0.2) is 4.39 Å². The van der Waals surface area contributed by atoms with E-state index in [0.717, 1.165) is 28.8 Å². The van der Waals surface area contributed by atoms with Gasteiger partial charge in [-0.3, -0.25) is 4.79 Å². The number of aliphatic hydroxyl groups is 1. The van der Waals surface area contributed by atoms with Gasteiger partial charge >= 0.3 is 6.18 Å². The topological polar surface area (TPSA) is 49.3 Å². The number of carbonyl (C=O) groups is 1. The maximum absolute atomic E-state index is 13.4. The van der Waals surface area contributed by atoms with Gasteiger partial charge in [0.15, 0.2) is 0 Å². The number of carbonyl (C=O) groups excluding carboxylic acids is 1. The Kier molecular flexibility index (Phi) is 7.95. The van der Waals surface area contributed by atoms with Crippen molar-refractivity contribution in [1.29, 1.82) is 0 Å². The van der Waals surface area contributed by atoms with Crippen LogP contribution >= 0.6 is 11.6 Å². The van der Waals surface area contributed by atoms with Crippen molar-refractivity contribution in [2.45, 2.75) is 19.2 Å². The molecule has 0 fully saturated rings. The maximum Gasteiger partial charge on any atom is 0.416 e. The Balaban J connectivity index is 1.42. The Hall–Kier alpha value is -3.68. The quantitative estimate of drug-likeness (QED) is 0.248. The Bertz CT molecular complexity index is 1400. The molecule has 190 valence electrons. The van der Waals surface area contributed by atoms with Crippen LogP contribution in [-0.2, 0) is 19.2 Å². The van der Waals surface area contributed by atoms with Crippen LogP contribution in [0.3, 0.4) is 0 Å². The summed E-state index contributed by atoms with van der Waals surface area (Å²) in [7, 11) is 0. The van der Waals surface area contributed by atoms with Gasteiger partial charge in [0.2, 0.25) is 0 Å². The number of amides is 1. The van der Waals surface area contributed by atoms with E-state index in [0.29, 0.717) is 29.7 Å². The number of alkyl halides is 3. The van der Waals surface area contributed by atoms with Crippen LogP contribution < -0.4 is 5.32 Å². The Morgan fingerprint density at radius 2 is 1.38 bits per heavy atom. The second-order valence-electron chi connectivity index (χ2n) is 8.44. The van der Waals surface area contributed by atoms with Crippen molar-refractivity contribution >= 4 is 17.5 Å². The highest BCUT2D eigenvalue weighted by Gasteiger charge is 2.30. The lowest BCUT2D eigenvalue weighted by atomic mass is 9.98. The van der Waals surface area contributed by atoms with Crippen LogP contribution in [0, 0.1) is 5.82 Å². The maximum atomic E-state index is 13.4. The first-order chi connectivity index (χ1) is 17.7. The molecule has 0 aliphatic carbocycles. The van der Waals surface area contributed by atoms with E-state index in [9.17, 15) is 27.5 Å². The van der Waals surface area contributed by atoms with Gasteiger partial charge < -0.3 is 10.4 Å². The molecule has 8 heteroatoms. The summed E-state index contributed by atoms with van der Waals surface area (Å²) >= 11 is 5.86. The average molecular weight is 528 g/mol. The second kappa shape index (κ2) is 11.2. The highest BCUT2D eigenvalue weighted by molar-refractivity contribution is 6.31. The first kappa shape index (κ1) is 26.4. The molecular weight excluding hydrogens is 506 g/mol. The minimum atomic E-state index is -4.43. The summed E-state index contributed by atoms with van der Waals surface area (Å²) in [5, 5.41) is 12.6. The van der Waals surface area contributed by atoms with E-state index >= 15 is 0 Å².